The number of amides is 1. The Morgan fingerprint density at radius 1 is 1.15 bits per heavy atom. The van der Waals surface area contributed by atoms with Gasteiger partial charge in [0, 0.05) is 24.9 Å². The minimum atomic E-state index is -0.750. The zero-order valence-corrected chi connectivity index (χ0v) is 14.7. The summed E-state index contributed by atoms with van der Waals surface area (Å²) in [5, 5.41) is 11.5. The van der Waals surface area contributed by atoms with Gasteiger partial charge in [-0.2, -0.15) is 4.98 Å². The zero-order chi connectivity index (χ0) is 18.1. The lowest BCUT2D eigenvalue weighted by Crippen LogP contribution is -2.39. The van der Waals surface area contributed by atoms with E-state index in [0.717, 1.165) is 19.3 Å². The lowest BCUT2D eigenvalue weighted by molar-refractivity contribution is -0.131. The van der Waals surface area contributed by atoms with Crippen LogP contribution in [-0.2, 0) is 11.2 Å². The summed E-state index contributed by atoms with van der Waals surface area (Å²) in [4.78, 5) is 18.7. The molecular weight excluding hydrogens is 341 g/mol. The highest BCUT2D eigenvalue weighted by molar-refractivity contribution is 5.78. The Hall–Kier alpha value is -2.32. The molecule has 0 spiro atoms. The van der Waals surface area contributed by atoms with Gasteiger partial charge >= 0.3 is 0 Å². The number of alkyl halides is 1. The molecule has 26 heavy (non-hydrogen) atoms. The van der Waals surface area contributed by atoms with Gasteiger partial charge in [0.25, 0.3) is 0 Å². The average molecular weight is 363 g/mol. The number of rotatable bonds is 4. The van der Waals surface area contributed by atoms with E-state index in [1.807, 2.05) is 4.90 Å². The molecule has 8 nitrogen and oxygen atoms in total. The van der Waals surface area contributed by atoms with Gasteiger partial charge in [0.05, 0.1) is 6.42 Å². The fourth-order valence-corrected chi connectivity index (χ4v) is 3.78. The first-order valence-corrected chi connectivity index (χ1v) is 9.13. The molecule has 3 heterocycles. The maximum atomic E-state index is 13.4. The quantitative estimate of drug-likeness (QED) is 0.822. The zero-order valence-electron chi connectivity index (χ0n) is 14.7. The molecule has 1 aliphatic heterocycles. The van der Waals surface area contributed by atoms with E-state index in [9.17, 15) is 9.18 Å². The van der Waals surface area contributed by atoms with Gasteiger partial charge in [0.2, 0.25) is 11.8 Å². The van der Waals surface area contributed by atoms with Crippen molar-refractivity contribution in [3.63, 3.8) is 0 Å². The van der Waals surface area contributed by atoms with Crippen LogP contribution in [0.3, 0.4) is 0 Å². The summed E-state index contributed by atoms with van der Waals surface area (Å²) in [6.45, 7) is 3.05. The summed E-state index contributed by atoms with van der Waals surface area (Å²) >= 11 is 0. The molecule has 9 heteroatoms. The molecule has 2 fully saturated rings. The molecule has 1 aliphatic carbocycles. The highest BCUT2D eigenvalue weighted by atomic mass is 19.1. The second-order valence-corrected chi connectivity index (χ2v) is 7.23. The number of hydrogen-bond acceptors (Lipinski definition) is 7. The van der Waals surface area contributed by atoms with Gasteiger partial charge in [-0.1, -0.05) is 15.5 Å². The van der Waals surface area contributed by atoms with Crippen LogP contribution in [0.15, 0.2) is 9.15 Å². The van der Waals surface area contributed by atoms with Gasteiger partial charge in [-0.05, 0) is 39.0 Å². The van der Waals surface area contributed by atoms with Crippen LogP contribution in [0.1, 0.15) is 67.0 Å². The Bertz CT molecular complexity index is 768. The molecule has 2 aliphatic rings. The van der Waals surface area contributed by atoms with Crippen molar-refractivity contribution >= 4 is 5.91 Å². The van der Waals surface area contributed by atoms with E-state index in [2.05, 4.69) is 25.1 Å². The van der Waals surface area contributed by atoms with Crippen molar-refractivity contribution in [2.24, 2.45) is 0 Å². The van der Waals surface area contributed by atoms with Crippen LogP contribution in [0.2, 0.25) is 0 Å². The second kappa shape index (κ2) is 7.13. The van der Waals surface area contributed by atoms with Crippen molar-refractivity contribution in [2.75, 3.05) is 13.1 Å². The van der Waals surface area contributed by atoms with Gasteiger partial charge in [-0.3, -0.25) is 4.79 Å². The van der Waals surface area contributed by atoms with E-state index in [4.69, 9.17) is 4.52 Å². The van der Waals surface area contributed by atoms with Crippen LogP contribution in [0.5, 0.6) is 0 Å². The monoisotopic (exact) mass is 363 g/mol. The predicted molar refractivity (Wildman–Crippen MR) is 87.1 cm³/mol. The predicted octanol–water partition coefficient (Wildman–Crippen LogP) is 2.32. The molecule has 140 valence electrons. The maximum absolute atomic E-state index is 13.4. The number of hydrogen-bond donors (Lipinski definition) is 0. The summed E-state index contributed by atoms with van der Waals surface area (Å²) in [6, 6.07) is 0. The van der Waals surface area contributed by atoms with E-state index in [1.54, 1.807) is 6.92 Å². The van der Waals surface area contributed by atoms with Crippen LogP contribution in [0.4, 0.5) is 4.39 Å². The molecule has 0 bridgehead atoms. The number of piperidine rings is 1. The molecule has 1 saturated heterocycles. The standard InChI is InChI=1S/C17H22FN5O3/c1-10-14(21-26-20-10)9-15(24)23-6-4-11(5-7-23)17-19-16(22-25-17)12-2-3-13(18)8-12/h11-13H,2-9H2,1H3/t12-,13-/m1/s1. The van der Waals surface area contributed by atoms with E-state index < -0.39 is 6.17 Å². The van der Waals surface area contributed by atoms with Gasteiger partial charge in [0.15, 0.2) is 5.82 Å². The van der Waals surface area contributed by atoms with E-state index in [-0.39, 0.29) is 24.2 Å². The summed E-state index contributed by atoms with van der Waals surface area (Å²) in [6.07, 6.45) is 2.86. The summed E-state index contributed by atoms with van der Waals surface area (Å²) in [7, 11) is 0. The third kappa shape index (κ3) is 3.47. The first-order chi connectivity index (χ1) is 12.6. The lowest BCUT2D eigenvalue weighted by Gasteiger charge is -2.30. The van der Waals surface area contributed by atoms with E-state index in [0.29, 0.717) is 49.0 Å². The van der Waals surface area contributed by atoms with Crippen molar-refractivity contribution in [3.8, 4) is 0 Å². The van der Waals surface area contributed by atoms with E-state index in [1.165, 1.54) is 0 Å². The van der Waals surface area contributed by atoms with Gasteiger partial charge in [-0.25, -0.2) is 9.02 Å². The Labute approximate surface area is 150 Å². The number of halogens is 1. The SMILES string of the molecule is Cc1nonc1CC(=O)N1CCC(c2nc([C@@H]3CC[C@@H](F)C3)no2)CC1. The van der Waals surface area contributed by atoms with Crippen LogP contribution >= 0.6 is 0 Å². The highest BCUT2D eigenvalue weighted by Gasteiger charge is 2.32. The Morgan fingerprint density at radius 3 is 2.62 bits per heavy atom. The molecule has 2 atom stereocenters. The normalized spacial score (nSPS) is 24.3. The molecule has 2 aromatic heterocycles. The Kier molecular flexibility index (Phi) is 4.69. The summed E-state index contributed by atoms with van der Waals surface area (Å²) in [5.74, 6) is 1.49. The van der Waals surface area contributed by atoms with Gasteiger partial charge < -0.3 is 9.42 Å². The molecule has 0 radical (unpaired) electrons. The number of aryl methyl sites for hydroxylation is 1. The molecule has 1 saturated carbocycles. The fraction of sp³-hybridized carbons (Fsp3) is 0.706. The summed E-state index contributed by atoms with van der Waals surface area (Å²) < 4.78 is 23.4. The number of carbonyl (C=O) groups is 1. The Balaban J connectivity index is 1.31. The number of aromatic nitrogens is 4. The molecular formula is C17H22FN5O3. The fourth-order valence-electron chi connectivity index (χ4n) is 3.78. The average Bonchev–Trinajstić information content (AvgIpc) is 3.37. The topological polar surface area (TPSA) is 98.2 Å². The van der Waals surface area contributed by atoms with Crippen molar-refractivity contribution in [1.29, 1.82) is 0 Å². The van der Waals surface area contributed by atoms with E-state index >= 15 is 0 Å². The second-order valence-electron chi connectivity index (χ2n) is 7.23. The molecule has 1 amide bonds. The number of nitrogens with zero attached hydrogens (tertiary/aromatic N) is 5. The molecule has 0 N–H and O–H groups in total. The molecule has 0 aromatic carbocycles. The first kappa shape index (κ1) is 17.1. The summed E-state index contributed by atoms with van der Waals surface area (Å²) in [5.41, 5.74) is 1.23. The van der Waals surface area contributed by atoms with Crippen molar-refractivity contribution in [3.05, 3.63) is 23.1 Å². The largest absolute Gasteiger partial charge is 0.342 e. The Morgan fingerprint density at radius 2 is 1.96 bits per heavy atom. The first-order valence-electron chi connectivity index (χ1n) is 9.13. The smallest absolute Gasteiger partial charge is 0.229 e. The van der Waals surface area contributed by atoms with Crippen LogP contribution < -0.4 is 0 Å². The van der Waals surface area contributed by atoms with Crippen LogP contribution in [0, 0.1) is 6.92 Å². The van der Waals surface area contributed by atoms with Gasteiger partial charge in [0.1, 0.15) is 17.6 Å². The minimum absolute atomic E-state index is 0.0217. The van der Waals surface area contributed by atoms with Crippen LogP contribution in [0.25, 0.3) is 0 Å². The number of carbonyl (C=O) groups excluding carboxylic acids is 1. The third-order valence-corrected chi connectivity index (χ3v) is 5.45. The number of likely N-dealkylation sites (tertiary alicyclic amines) is 1. The van der Waals surface area contributed by atoms with Gasteiger partial charge in [-0.15, -0.1) is 0 Å². The van der Waals surface area contributed by atoms with Crippen LogP contribution in [-0.4, -0.2) is 50.5 Å². The highest BCUT2D eigenvalue weighted by Crippen LogP contribution is 2.36. The molecule has 0 unspecified atom stereocenters. The maximum Gasteiger partial charge on any atom is 0.229 e. The lowest BCUT2D eigenvalue weighted by atomic mass is 9.96. The minimum Gasteiger partial charge on any atom is -0.342 e. The molecule has 2 aromatic rings. The van der Waals surface area contributed by atoms with Crippen molar-refractivity contribution in [2.45, 2.75) is 63.5 Å². The third-order valence-electron chi connectivity index (χ3n) is 5.45. The van der Waals surface area contributed by atoms with Crippen molar-refractivity contribution in [1.82, 2.24) is 25.4 Å². The van der Waals surface area contributed by atoms with Crippen molar-refractivity contribution < 1.29 is 18.3 Å². The molecule has 4 rings (SSSR count).